The second-order valence-electron chi connectivity index (χ2n) is 2.15. The minimum absolute atomic E-state index is 0.0168. The van der Waals surface area contributed by atoms with Gasteiger partial charge < -0.3 is 5.41 Å². The molecule has 0 saturated carbocycles. The Morgan fingerprint density at radius 3 is 2.44 bits per heavy atom. The summed E-state index contributed by atoms with van der Waals surface area (Å²) in [5, 5.41) is 6.93. The van der Waals surface area contributed by atoms with Crippen LogP contribution >= 0.6 is 0 Å². The minimum atomic E-state index is -0.0168. The fourth-order valence-electron chi connectivity index (χ4n) is 0.525. The van der Waals surface area contributed by atoms with Crippen LogP contribution in [0.4, 0.5) is 0 Å². The second kappa shape index (κ2) is 4.24. The molecule has 2 nitrogen and oxygen atoms in total. The van der Waals surface area contributed by atoms with Crippen LogP contribution in [0.3, 0.4) is 0 Å². The number of hydrogen-bond acceptors (Lipinski definition) is 2. The molecule has 0 unspecified atom stereocenters. The van der Waals surface area contributed by atoms with Crippen molar-refractivity contribution < 1.29 is 4.79 Å². The molecule has 9 heavy (non-hydrogen) atoms. The van der Waals surface area contributed by atoms with Crippen LogP contribution in [0.2, 0.25) is 0 Å². The molecule has 0 fully saturated rings. The first kappa shape index (κ1) is 8.34. The van der Waals surface area contributed by atoms with Crippen molar-refractivity contribution in [2.24, 2.45) is 0 Å². The first-order valence-electron chi connectivity index (χ1n) is 3.26. The number of rotatable bonds is 4. The SMILES string of the molecule is CCCCC(=O)C(C)=N. The summed E-state index contributed by atoms with van der Waals surface area (Å²) in [4.78, 5) is 10.7. The van der Waals surface area contributed by atoms with Crippen molar-refractivity contribution in [1.82, 2.24) is 0 Å². The van der Waals surface area contributed by atoms with Crippen molar-refractivity contribution in [2.75, 3.05) is 0 Å². The van der Waals surface area contributed by atoms with Crippen LogP contribution in [-0.4, -0.2) is 11.5 Å². The lowest BCUT2D eigenvalue weighted by Crippen LogP contribution is -2.07. The van der Waals surface area contributed by atoms with E-state index < -0.39 is 0 Å². The molecule has 0 rings (SSSR count). The van der Waals surface area contributed by atoms with Gasteiger partial charge in [0, 0.05) is 6.42 Å². The van der Waals surface area contributed by atoms with Crippen molar-refractivity contribution in [3.8, 4) is 0 Å². The fourth-order valence-corrected chi connectivity index (χ4v) is 0.525. The van der Waals surface area contributed by atoms with E-state index in [4.69, 9.17) is 5.41 Å². The number of carbonyl (C=O) groups is 1. The zero-order valence-corrected chi connectivity index (χ0v) is 6.03. The van der Waals surface area contributed by atoms with Gasteiger partial charge in [0.2, 0.25) is 0 Å². The molecule has 52 valence electrons. The van der Waals surface area contributed by atoms with Gasteiger partial charge in [-0.05, 0) is 13.3 Å². The smallest absolute Gasteiger partial charge is 0.176 e. The van der Waals surface area contributed by atoms with E-state index >= 15 is 0 Å². The number of unbranched alkanes of at least 4 members (excludes halogenated alkanes) is 1. The highest BCUT2D eigenvalue weighted by atomic mass is 16.1. The zero-order valence-electron chi connectivity index (χ0n) is 6.03. The normalized spacial score (nSPS) is 9.11. The summed E-state index contributed by atoms with van der Waals surface area (Å²) in [7, 11) is 0. The number of hydrogen-bond donors (Lipinski definition) is 1. The summed E-state index contributed by atoms with van der Waals surface area (Å²) in [5.74, 6) is -0.0168. The molecule has 1 N–H and O–H groups in total. The highest BCUT2D eigenvalue weighted by Crippen LogP contribution is 1.95. The Morgan fingerprint density at radius 2 is 2.11 bits per heavy atom. The second-order valence-corrected chi connectivity index (χ2v) is 2.15. The maximum atomic E-state index is 10.7. The summed E-state index contributed by atoms with van der Waals surface area (Å²) in [5.41, 5.74) is 0.184. The van der Waals surface area contributed by atoms with Crippen LogP contribution in [0.5, 0.6) is 0 Å². The van der Waals surface area contributed by atoms with E-state index in [0.29, 0.717) is 6.42 Å². The molecule has 0 aromatic carbocycles. The lowest BCUT2D eigenvalue weighted by Gasteiger charge is -1.93. The third-order valence-electron chi connectivity index (χ3n) is 1.18. The Labute approximate surface area is 55.8 Å². The van der Waals surface area contributed by atoms with Gasteiger partial charge in [0.05, 0.1) is 5.71 Å². The van der Waals surface area contributed by atoms with Gasteiger partial charge in [-0.2, -0.15) is 0 Å². The zero-order chi connectivity index (χ0) is 7.28. The third-order valence-corrected chi connectivity index (χ3v) is 1.18. The van der Waals surface area contributed by atoms with Crippen LogP contribution in [0.25, 0.3) is 0 Å². The number of ketones is 1. The predicted molar refractivity (Wildman–Crippen MR) is 37.9 cm³/mol. The summed E-state index contributed by atoms with van der Waals surface area (Å²) >= 11 is 0. The molecule has 0 bridgehead atoms. The van der Waals surface area contributed by atoms with Gasteiger partial charge in [0.1, 0.15) is 0 Å². The first-order valence-corrected chi connectivity index (χ1v) is 3.26. The van der Waals surface area contributed by atoms with Crippen molar-refractivity contribution in [3.05, 3.63) is 0 Å². The molecule has 0 heterocycles. The van der Waals surface area contributed by atoms with Crippen LogP contribution in [-0.2, 0) is 4.79 Å². The fraction of sp³-hybridized carbons (Fsp3) is 0.714. The molecule has 0 amide bonds. The molecule has 0 aromatic heterocycles. The van der Waals surface area contributed by atoms with E-state index in [0.717, 1.165) is 12.8 Å². The largest absolute Gasteiger partial charge is 0.302 e. The molecule has 0 spiro atoms. The summed E-state index contributed by atoms with van der Waals surface area (Å²) in [6, 6.07) is 0. The standard InChI is InChI=1S/C7H13NO/c1-3-4-5-7(9)6(2)8/h8H,3-5H2,1-2H3. The molecule has 0 aliphatic heterocycles. The summed E-state index contributed by atoms with van der Waals surface area (Å²) in [6.45, 7) is 3.57. The Balaban J connectivity index is 3.39. The van der Waals surface area contributed by atoms with E-state index in [-0.39, 0.29) is 11.5 Å². The molecule has 0 aliphatic carbocycles. The third kappa shape index (κ3) is 3.88. The van der Waals surface area contributed by atoms with Gasteiger partial charge in [-0.25, -0.2) is 0 Å². The maximum Gasteiger partial charge on any atom is 0.176 e. The van der Waals surface area contributed by atoms with E-state index in [2.05, 4.69) is 0 Å². The molecule has 0 aromatic rings. The highest BCUT2D eigenvalue weighted by Gasteiger charge is 2.00. The molecule has 0 aliphatic rings. The quantitative estimate of drug-likeness (QED) is 0.574. The van der Waals surface area contributed by atoms with E-state index in [1.807, 2.05) is 6.92 Å². The van der Waals surface area contributed by atoms with Gasteiger partial charge >= 0.3 is 0 Å². The Kier molecular flexibility index (Phi) is 3.93. The topological polar surface area (TPSA) is 40.9 Å². The van der Waals surface area contributed by atoms with Crippen molar-refractivity contribution in [1.29, 1.82) is 5.41 Å². The lowest BCUT2D eigenvalue weighted by atomic mass is 10.1. The minimum Gasteiger partial charge on any atom is -0.302 e. The average Bonchev–Trinajstić information content (AvgIpc) is 1.82. The van der Waals surface area contributed by atoms with Gasteiger partial charge in [0.15, 0.2) is 5.78 Å². The van der Waals surface area contributed by atoms with Crippen LogP contribution < -0.4 is 0 Å². The van der Waals surface area contributed by atoms with Crippen molar-refractivity contribution in [3.63, 3.8) is 0 Å². The van der Waals surface area contributed by atoms with Crippen LogP contribution in [0.1, 0.15) is 33.1 Å². The number of nitrogens with one attached hydrogen (secondary N) is 1. The van der Waals surface area contributed by atoms with Crippen molar-refractivity contribution in [2.45, 2.75) is 33.1 Å². The van der Waals surface area contributed by atoms with Crippen LogP contribution in [0.15, 0.2) is 0 Å². The van der Waals surface area contributed by atoms with E-state index in [1.165, 1.54) is 6.92 Å². The Hall–Kier alpha value is -0.660. The Morgan fingerprint density at radius 1 is 1.56 bits per heavy atom. The summed E-state index contributed by atoms with van der Waals surface area (Å²) in [6.07, 6.45) is 2.49. The average molecular weight is 127 g/mol. The van der Waals surface area contributed by atoms with Gasteiger partial charge in [0.25, 0.3) is 0 Å². The monoisotopic (exact) mass is 127 g/mol. The van der Waals surface area contributed by atoms with Gasteiger partial charge in [-0.3, -0.25) is 4.79 Å². The van der Waals surface area contributed by atoms with Gasteiger partial charge in [-0.15, -0.1) is 0 Å². The Bertz CT molecular complexity index is 118. The first-order chi connectivity index (χ1) is 4.18. The van der Waals surface area contributed by atoms with Gasteiger partial charge in [-0.1, -0.05) is 13.3 Å². The highest BCUT2D eigenvalue weighted by molar-refractivity contribution is 6.37. The molecule has 2 heteroatoms. The predicted octanol–water partition coefficient (Wildman–Crippen LogP) is 1.79. The van der Waals surface area contributed by atoms with Crippen LogP contribution in [0, 0.1) is 5.41 Å². The number of Topliss-reactive ketones (excluding diaryl/α,β-unsaturated/α-hetero) is 1. The molecular formula is C7H13NO. The van der Waals surface area contributed by atoms with Crippen molar-refractivity contribution >= 4 is 11.5 Å². The molecule has 0 atom stereocenters. The summed E-state index contributed by atoms with van der Waals surface area (Å²) < 4.78 is 0. The molecule has 0 radical (unpaired) electrons. The molecule has 0 saturated heterocycles. The number of carbonyl (C=O) groups excluding carboxylic acids is 1. The maximum absolute atomic E-state index is 10.7. The van der Waals surface area contributed by atoms with E-state index in [1.54, 1.807) is 0 Å². The lowest BCUT2D eigenvalue weighted by molar-refractivity contribution is -0.113. The molecular weight excluding hydrogens is 114 g/mol. The van der Waals surface area contributed by atoms with E-state index in [9.17, 15) is 4.79 Å².